The molecular weight excluding hydrogens is 191 g/mol. The first-order valence-electron chi connectivity index (χ1n) is 4.59. The van der Waals surface area contributed by atoms with Crippen LogP contribution in [0.4, 0.5) is 4.39 Å². The maximum absolute atomic E-state index is 13.3. The predicted octanol–water partition coefficient (Wildman–Crippen LogP) is 0.427. The van der Waals surface area contributed by atoms with Crippen LogP contribution in [0.15, 0.2) is 0 Å². The lowest BCUT2D eigenvalue weighted by atomic mass is 9.74. The zero-order valence-electron chi connectivity index (χ0n) is 8.33. The maximum Gasteiger partial charge on any atom is 0.343 e. The molecule has 0 spiro atoms. The van der Waals surface area contributed by atoms with Gasteiger partial charge in [0, 0.05) is 20.0 Å². The lowest BCUT2D eigenvalue weighted by Crippen LogP contribution is -2.57. The Balaban J connectivity index is 2.45. The summed E-state index contributed by atoms with van der Waals surface area (Å²) in [4.78, 5) is 11.0. The normalized spacial score (nSPS) is 33.3. The van der Waals surface area contributed by atoms with Gasteiger partial charge in [-0.1, -0.05) is 0 Å². The minimum absolute atomic E-state index is 0.114. The van der Waals surface area contributed by atoms with Crippen molar-refractivity contribution in [3.8, 4) is 0 Å². The second kappa shape index (κ2) is 4.23. The lowest BCUT2D eigenvalue weighted by Gasteiger charge is -2.43. The van der Waals surface area contributed by atoms with Gasteiger partial charge in [-0.05, 0) is 6.92 Å². The zero-order valence-corrected chi connectivity index (χ0v) is 8.33. The van der Waals surface area contributed by atoms with Crippen LogP contribution < -0.4 is 0 Å². The summed E-state index contributed by atoms with van der Waals surface area (Å²) in [6.45, 7) is 1.70. The van der Waals surface area contributed by atoms with Crippen molar-refractivity contribution in [3.63, 3.8) is 0 Å². The number of esters is 1. The van der Waals surface area contributed by atoms with E-state index in [1.54, 1.807) is 6.92 Å². The molecule has 5 heteroatoms. The van der Waals surface area contributed by atoms with Crippen molar-refractivity contribution < 1.29 is 23.8 Å². The summed E-state index contributed by atoms with van der Waals surface area (Å²) in [5.74, 6) is -0.996. The number of halogens is 1. The van der Waals surface area contributed by atoms with Crippen LogP contribution in [0.5, 0.6) is 0 Å². The van der Waals surface area contributed by atoms with Gasteiger partial charge in [-0.15, -0.1) is 0 Å². The van der Waals surface area contributed by atoms with Crippen molar-refractivity contribution >= 4 is 5.97 Å². The Kier molecular flexibility index (Phi) is 3.44. The molecule has 1 N–H and O–H groups in total. The molecule has 0 aromatic heterocycles. The van der Waals surface area contributed by atoms with E-state index in [9.17, 15) is 14.3 Å². The fraction of sp³-hybridized carbons (Fsp3) is 0.889. The summed E-state index contributed by atoms with van der Waals surface area (Å²) >= 11 is 0. The minimum atomic E-state index is -1.96. The Morgan fingerprint density at radius 2 is 2.29 bits per heavy atom. The smallest absolute Gasteiger partial charge is 0.343 e. The largest absolute Gasteiger partial charge is 0.464 e. The topological polar surface area (TPSA) is 55.8 Å². The van der Waals surface area contributed by atoms with Crippen molar-refractivity contribution in [3.05, 3.63) is 0 Å². The van der Waals surface area contributed by atoms with Gasteiger partial charge < -0.3 is 14.6 Å². The third-order valence-electron chi connectivity index (χ3n) is 2.46. The van der Waals surface area contributed by atoms with E-state index >= 15 is 0 Å². The van der Waals surface area contributed by atoms with Crippen molar-refractivity contribution in [2.75, 3.05) is 13.7 Å². The third-order valence-corrected chi connectivity index (χ3v) is 2.46. The molecule has 1 unspecified atom stereocenters. The highest BCUT2D eigenvalue weighted by molar-refractivity contribution is 5.76. The van der Waals surface area contributed by atoms with Gasteiger partial charge in [0.1, 0.15) is 5.60 Å². The highest BCUT2D eigenvalue weighted by atomic mass is 19.1. The van der Waals surface area contributed by atoms with Crippen LogP contribution >= 0.6 is 0 Å². The van der Waals surface area contributed by atoms with E-state index in [1.807, 2.05) is 0 Å². The average molecular weight is 206 g/mol. The van der Waals surface area contributed by atoms with E-state index in [4.69, 9.17) is 4.74 Å². The highest BCUT2D eigenvalue weighted by Crippen LogP contribution is 2.38. The molecule has 82 valence electrons. The number of methoxy groups -OCH3 is 1. The van der Waals surface area contributed by atoms with Crippen molar-refractivity contribution in [2.45, 2.75) is 37.6 Å². The van der Waals surface area contributed by atoms with E-state index in [2.05, 4.69) is 4.74 Å². The van der Waals surface area contributed by atoms with Crippen LogP contribution in [-0.2, 0) is 14.3 Å². The maximum atomic E-state index is 13.3. The van der Waals surface area contributed by atoms with Gasteiger partial charge in [-0.2, -0.15) is 0 Å². The van der Waals surface area contributed by atoms with Crippen molar-refractivity contribution in [2.24, 2.45) is 0 Å². The summed E-state index contributed by atoms with van der Waals surface area (Å²) in [5, 5.41) is 9.62. The van der Waals surface area contributed by atoms with Gasteiger partial charge >= 0.3 is 5.97 Å². The van der Waals surface area contributed by atoms with Crippen LogP contribution in [-0.4, -0.2) is 42.7 Å². The van der Waals surface area contributed by atoms with Gasteiger partial charge in [-0.3, -0.25) is 0 Å². The van der Waals surface area contributed by atoms with Gasteiger partial charge in [0.2, 0.25) is 6.17 Å². The second-order valence-electron chi connectivity index (χ2n) is 3.48. The summed E-state index contributed by atoms with van der Waals surface area (Å²) < 4.78 is 22.7. The molecule has 1 fully saturated rings. The molecule has 1 rings (SSSR count). The first kappa shape index (κ1) is 11.4. The fourth-order valence-electron chi connectivity index (χ4n) is 1.54. The summed E-state index contributed by atoms with van der Waals surface area (Å²) in [6, 6.07) is 0. The summed E-state index contributed by atoms with van der Waals surface area (Å²) in [5.41, 5.74) is -1.59. The van der Waals surface area contributed by atoms with Crippen LogP contribution in [0, 0.1) is 0 Å². The van der Waals surface area contributed by atoms with Gasteiger partial charge in [0.15, 0.2) is 0 Å². The molecule has 0 saturated heterocycles. The highest BCUT2D eigenvalue weighted by Gasteiger charge is 2.53. The van der Waals surface area contributed by atoms with Crippen LogP contribution in [0.25, 0.3) is 0 Å². The number of aliphatic hydroxyl groups is 1. The lowest BCUT2D eigenvalue weighted by molar-refractivity contribution is -0.188. The molecule has 1 aliphatic rings. The van der Waals surface area contributed by atoms with Crippen LogP contribution in [0.3, 0.4) is 0 Å². The Bertz CT molecular complexity index is 213. The fourth-order valence-corrected chi connectivity index (χ4v) is 1.54. The molecule has 0 radical (unpaired) electrons. The van der Waals surface area contributed by atoms with Crippen LogP contribution in [0.1, 0.15) is 19.8 Å². The molecule has 1 atom stereocenters. The number of hydrogen-bond acceptors (Lipinski definition) is 4. The summed E-state index contributed by atoms with van der Waals surface area (Å²) in [7, 11) is 1.49. The van der Waals surface area contributed by atoms with E-state index in [1.165, 1.54) is 7.11 Å². The summed E-state index contributed by atoms with van der Waals surface area (Å²) in [6.07, 6.45) is -1.84. The molecule has 0 amide bonds. The molecule has 4 nitrogen and oxygen atoms in total. The van der Waals surface area contributed by atoms with Crippen molar-refractivity contribution in [1.29, 1.82) is 0 Å². The molecular formula is C9H15FO4. The second-order valence-corrected chi connectivity index (χ2v) is 3.48. The van der Waals surface area contributed by atoms with E-state index in [0.717, 1.165) is 0 Å². The van der Waals surface area contributed by atoms with E-state index in [-0.39, 0.29) is 25.6 Å². The Hall–Kier alpha value is -0.680. The minimum Gasteiger partial charge on any atom is -0.464 e. The van der Waals surface area contributed by atoms with Gasteiger partial charge in [-0.25, -0.2) is 9.18 Å². The molecule has 0 heterocycles. The number of carbonyl (C=O) groups is 1. The monoisotopic (exact) mass is 206 g/mol. The number of carbonyl (C=O) groups excluding carboxylic acids is 1. The first-order valence-corrected chi connectivity index (χ1v) is 4.59. The Morgan fingerprint density at radius 1 is 1.71 bits per heavy atom. The Labute approximate surface area is 82.0 Å². The van der Waals surface area contributed by atoms with Crippen LogP contribution in [0.2, 0.25) is 0 Å². The molecule has 0 aliphatic heterocycles. The Morgan fingerprint density at radius 3 is 2.71 bits per heavy atom. The molecule has 0 bridgehead atoms. The van der Waals surface area contributed by atoms with Gasteiger partial charge in [0.05, 0.1) is 12.7 Å². The average Bonchev–Trinajstić information content (AvgIpc) is 2.12. The molecule has 1 saturated carbocycles. The molecule has 0 aromatic rings. The van der Waals surface area contributed by atoms with E-state index < -0.39 is 17.7 Å². The quantitative estimate of drug-likeness (QED) is 0.677. The SMILES string of the molecule is CCOC(=O)C(F)C1(O)CC(OC)C1. The number of alkyl halides is 1. The zero-order chi connectivity index (χ0) is 10.8. The van der Waals surface area contributed by atoms with Crippen molar-refractivity contribution in [1.82, 2.24) is 0 Å². The number of rotatable bonds is 4. The molecule has 0 aromatic carbocycles. The predicted molar refractivity (Wildman–Crippen MR) is 46.5 cm³/mol. The van der Waals surface area contributed by atoms with E-state index in [0.29, 0.717) is 0 Å². The first-order chi connectivity index (χ1) is 6.53. The number of ether oxygens (including phenoxy) is 2. The molecule has 14 heavy (non-hydrogen) atoms. The standard InChI is InChI=1S/C9H15FO4/c1-3-14-8(11)7(10)9(12)4-6(5-9)13-2/h6-7,12H,3-5H2,1-2H3. The molecule has 1 aliphatic carbocycles. The van der Waals surface area contributed by atoms with Gasteiger partial charge in [0.25, 0.3) is 0 Å². The third kappa shape index (κ3) is 2.04. The number of hydrogen-bond donors (Lipinski definition) is 1.